The third kappa shape index (κ3) is 6.41. The summed E-state index contributed by atoms with van der Waals surface area (Å²) in [6.07, 6.45) is 2.55. The van der Waals surface area contributed by atoms with Crippen LogP contribution in [-0.4, -0.2) is 18.5 Å². The Balaban J connectivity index is 0.00000256. The molecule has 0 aliphatic heterocycles. The first-order valence-corrected chi connectivity index (χ1v) is 7.02. The molecule has 1 heterocycles. The van der Waals surface area contributed by atoms with Crippen LogP contribution in [-0.2, 0) is 11.2 Å². The van der Waals surface area contributed by atoms with Crippen LogP contribution in [0.5, 0.6) is 0 Å². The lowest BCUT2D eigenvalue weighted by atomic mass is 10.1. The lowest BCUT2D eigenvalue weighted by Gasteiger charge is -2.10. The maximum absolute atomic E-state index is 11.5. The molecule has 0 bridgehead atoms. The normalized spacial score (nSPS) is 11.7. The van der Waals surface area contributed by atoms with Gasteiger partial charge in [-0.05, 0) is 40.9 Å². The molecule has 17 heavy (non-hydrogen) atoms. The molecule has 1 rings (SSSR count). The quantitative estimate of drug-likeness (QED) is 0.836. The fraction of sp³-hybridized carbons (Fsp3) is 0.545. The van der Waals surface area contributed by atoms with E-state index in [0.29, 0.717) is 6.54 Å². The molecule has 0 saturated heterocycles. The lowest BCUT2D eigenvalue weighted by Crippen LogP contribution is -2.41. The van der Waals surface area contributed by atoms with Crippen LogP contribution < -0.4 is 11.1 Å². The Labute approximate surface area is 121 Å². The summed E-state index contributed by atoms with van der Waals surface area (Å²) in [7, 11) is 0. The van der Waals surface area contributed by atoms with Gasteiger partial charge in [-0.3, -0.25) is 4.79 Å². The molecule has 3 nitrogen and oxygen atoms in total. The highest BCUT2D eigenvalue weighted by molar-refractivity contribution is 9.11. The zero-order chi connectivity index (χ0) is 12.0. The van der Waals surface area contributed by atoms with Crippen LogP contribution in [0.3, 0.4) is 0 Å². The number of rotatable bonds is 6. The van der Waals surface area contributed by atoms with Crippen LogP contribution in [0, 0.1) is 0 Å². The average Bonchev–Trinajstić information content (AvgIpc) is 2.64. The van der Waals surface area contributed by atoms with Crippen LogP contribution >= 0.6 is 39.7 Å². The number of nitrogens with two attached hydrogens (primary N) is 1. The van der Waals surface area contributed by atoms with E-state index >= 15 is 0 Å². The van der Waals surface area contributed by atoms with E-state index in [2.05, 4.69) is 27.3 Å². The Morgan fingerprint density at radius 2 is 2.29 bits per heavy atom. The minimum Gasteiger partial charge on any atom is -0.354 e. The summed E-state index contributed by atoms with van der Waals surface area (Å²) < 4.78 is 1.12. The molecule has 1 atom stereocenters. The van der Waals surface area contributed by atoms with Gasteiger partial charge in [0.15, 0.2) is 0 Å². The van der Waals surface area contributed by atoms with Gasteiger partial charge >= 0.3 is 0 Å². The Morgan fingerprint density at radius 1 is 1.59 bits per heavy atom. The number of amides is 1. The first kappa shape index (κ1) is 16.9. The second-order valence-electron chi connectivity index (χ2n) is 3.64. The van der Waals surface area contributed by atoms with Crippen molar-refractivity contribution in [2.75, 3.05) is 6.54 Å². The van der Waals surface area contributed by atoms with Crippen LogP contribution in [0.25, 0.3) is 0 Å². The molecule has 0 aromatic carbocycles. The van der Waals surface area contributed by atoms with Crippen molar-refractivity contribution in [3.63, 3.8) is 0 Å². The van der Waals surface area contributed by atoms with Gasteiger partial charge < -0.3 is 11.1 Å². The first-order valence-electron chi connectivity index (χ1n) is 5.41. The Hall–Kier alpha value is -0.100. The SMILES string of the molecule is CCCC(N)C(=O)NCCc1ccc(Br)s1.Cl. The monoisotopic (exact) mass is 340 g/mol. The molecule has 1 unspecified atom stereocenters. The summed E-state index contributed by atoms with van der Waals surface area (Å²) in [6, 6.07) is 3.72. The van der Waals surface area contributed by atoms with Crippen molar-refractivity contribution >= 4 is 45.6 Å². The fourth-order valence-corrected chi connectivity index (χ4v) is 2.85. The van der Waals surface area contributed by atoms with Crippen molar-refractivity contribution in [1.82, 2.24) is 5.32 Å². The first-order chi connectivity index (χ1) is 7.63. The molecule has 3 N–H and O–H groups in total. The number of hydrogen-bond acceptors (Lipinski definition) is 3. The highest BCUT2D eigenvalue weighted by atomic mass is 79.9. The van der Waals surface area contributed by atoms with Gasteiger partial charge in [-0.2, -0.15) is 0 Å². The van der Waals surface area contributed by atoms with Crippen LogP contribution in [0.1, 0.15) is 24.6 Å². The third-order valence-electron chi connectivity index (χ3n) is 2.24. The van der Waals surface area contributed by atoms with E-state index in [-0.39, 0.29) is 24.4 Å². The second kappa shape index (κ2) is 8.91. The highest BCUT2D eigenvalue weighted by Crippen LogP contribution is 2.21. The van der Waals surface area contributed by atoms with Crippen molar-refractivity contribution < 1.29 is 4.79 Å². The van der Waals surface area contributed by atoms with E-state index in [1.807, 2.05) is 13.0 Å². The standard InChI is InChI=1S/C11H17BrN2OS.ClH/c1-2-3-9(13)11(15)14-7-6-8-4-5-10(12)16-8;/h4-5,9H,2-3,6-7,13H2,1H3,(H,14,15);1H. The lowest BCUT2D eigenvalue weighted by molar-refractivity contribution is -0.122. The maximum Gasteiger partial charge on any atom is 0.236 e. The van der Waals surface area contributed by atoms with Crippen LogP contribution in [0.2, 0.25) is 0 Å². The van der Waals surface area contributed by atoms with Gasteiger partial charge in [-0.1, -0.05) is 13.3 Å². The molecule has 0 radical (unpaired) electrons. The summed E-state index contributed by atoms with van der Waals surface area (Å²) >= 11 is 5.10. The van der Waals surface area contributed by atoms with Gasteiger partial charge in [-0.25, -0.2) is 0 Å². The maximum atomic E-state index is 11.5. The fourth-order valence-electron chi connectivity index (χ4n) is 1.37. The number of thiophene rings is 1. The summed E-state index contributed by atoms with van der Waals surface area (Å²) in [6.45, 7) is 2.68. The Morgan fingerprint density at radius 3 is 2.82 bits per heavy atom. The molecule has 0 aliphatic rings. The van der Waals surface area contributed by atoms with Gasteiger partial charge in [0.25, 0.3) is 0 Å². The number of halogens is 2. The van der Waals surface area contributed by atoms with Gasteiger partial charge in [0.1, 0.15) is 0 Å². The van der Waals surface area contributed by atoms with Crippen molar-refractivity contribution in [3.8, 4) is 0 Å². The predicted molar refractivity (Wildman–Crippen MR) is 78.9 cm³/mol. The minimum absolute atomic E-state index is 0. The van der Waals surface area contributed by atoms with E-state index in [9.17, 15) is 4.79 Å². The molecular weight excluding hydrogens is 324 g/mol. The molecule has 0 spiro atoms. The second-order valence-corrected chi connectivity index (χ2v) is 6.19. The van der Waals surface area contributed by atoms with Crippen molar-refractivity contribution in [2.24, 2.45) is 5.73 Å². The minimum atomic E-state index is -0.361. The van der Waals surface area contributed by atoms with Crippen LogP contribution in [0.4, 0.5) is 0 Å². The summed E-state index contributed by atoms with van der Waals surface area (Å²) in [4.78, 5) is 12.7. The average molecular weight is 342 g/mol. The molecule has 0 aliphatic carbocycles. The third-order valence-corrected chi connectivity index (χ3v) is 3.92. The Kier molecular flexibility index (Phi) is 8.86. The summed E-state index contributed by atoms with van der Waals surface area (Å²) in [5, 5.41) is 2.85. The van der Waals surface area contributed by atoms with Crippen LogP contribution in [0.15, 0.2) is 15.9 Å². The topological polar surface area (TPSA) is 55.1 Å². The zero-order valence-electron chi connectivity index (χ0n) is 9.74. The number of carbonyl (C=O) groups excluding carboxylic acids is 1. The molecule has 1 aromatic rings. The van der Waals surface area contributed by atoms with Crippen molar-refractivity contribution in [2.45, 2.75) is 32.2 Å². The van der Waals surface area contributed by atoms with Gasteiger partial charge in [0, 0.05) is 11.4 Å². The largest absolute Gasteiger partial charge is 0.354 e. The number of carbonyl (C=O) groups is 1. The zero-order valence-corrected chi connectivity index (χ0v) is 13.0. The molecule has 6 heteroatoms. The molecular formula is C11H18BrClN2OS. The van der Waals surface area contributed by atoms with Gasteiger partial charge in [-0.15, -0.1) is 23.7 Å². The van der Waals surface area contributed by atoms with E-state index in [1.54, 1.807) is 11.3 Å². The number of hydrogen-bond donors (Lipinski definition) is 2. The van der Waals surface area contributed by atoms with E-state index in [0.717, 1.165) is 23.0 Å². The van der Waals surface area contributed by atoms with Crippen molar-refractivity contribution in [1.29, 1.82) is 0 Å². The van der Waals surface area contributed by atoms with Gasteiger partial charge in [0.05, 0.1) is 9.83 Å². The molecule has 1 amide bonds. The molecule has 98 valence electrons. The predicted octanol–water partition coefficient (Wildman–Crippen LogP) is 2.72. The molecule has 1 aromatic heterocycles. The van der Waals surface area contributed by atoms with Crippen molar-refractivity contribution in [3.05, 3.63) is 20.8 Å². The Bertz CT molecular complexity index is 346. The van der Waals surface area contributed by atoms with Gasteiger partial charge in [0.2, 0.25) is 5.91 Å². The summed E-state index contributed by atoms with van der Waals surface area (Å²) in [5.74, 6) is -0.0440. The van der Waals surface area contributed by atoms with E-state index in [4.69, 9.17) is 5.73 Å². The van der Waals surface area contributed by atoms with E-state index < -0.39 is 0 Å². The van der Waals surface area contributed by atoms with E-state index in [1.165, 1.54) is 4.88 Å². The highest BCUT2D eigenvalue weighted by Gasteiger charge is 2.11. The smallest absolute Gasteiger partial charge is 0.236 e. The number of nitrogens with one attached hydrogen (secondary N) is 1. The molecule has 0 saturated carbocycles. The molecule has 0 fully saturated rings. The summed E-state index contributed by atoms with van der Waals surface area (Å²) in [5.41, 5.74) is 5.69.